The van der Waals surface area contributed by atoms with E-state index in [2.05, 4.69) is 15.4 Å². The molecule has 0 aromatic heterocycles. The molecule has 1 aliphatic heterocycles. The van der Waals surface area contributed by atoms with Crippen LogP contribution in [-0.4, -0.2) is 25.7 Å². The molecule has 1 aromatic rings. The number of anilines is 1. The van der Waals surface area contributed by atoms with Crippen molar-refractivity contribution in [2.45, 2.75) is 12.7 Å². The maximum atomic E-state index is 12.0. The van der Waals surface area contributed by atoms with Crippen molar-refractivity contribution in [1.82, 2.24) is 5.32 Å². The molecule has 2 N–H and O–H groups in total. The number of nitrogens with one attached hydrogen (secondary N) is 2. The molecule has 88 valence electrons. The summed E-state index contributed by atoms with van der Waals surface area (Å²) in [7, 11) is 0. The van der Waals surface area contributed by atoms with Crippen LogP contribution in [0.5, 0.6) is 5.75 Å². The lowest BCUT2D eigenvalue weighted by molar-refractivity contribution is -0.0497. The highest BCUT2D eigenvalue weighted by molar-refractivity contribution is 6.32. The predicted molar refractivity (Wildman–Crippen MR) is 58.4 cm³/mol. The third kappa shape index (κ3) is 2.74. The summed E-state index contributed by atoms with van der Waals surface area (Å²) in [5, 5.41) is 6.50. The first kappa shape index (κ1) is 11.4. The van der Waals surface area contributed by atoms with E-state index in [9.17, 15) is 8.78 Å². The van der Waals surface area contributed by atoms with Crippen LogP contribution in [0, 0.1) is 0 Å². The predicted octanol–water partition coefficient (Wildman–Crippen LogP) is 2.33. The number of hydrogen-bond donors (Lipinski definition) is 2. The Labute approximate surface area is 96.7 Å². The summed E-state index contributed by atoms with van der Waals surface area (Å²) in [5.74, 6) is -0.00560. The number of rotatable bonds is 4. The van der Waals surface area contributed by atoms with E-state index in [1.54, 1.807) is 12.1 Å². The second-order valence-corrected chi connectivity index (χ2v) is 3.93. The molecule has 6 heteroatoms. The van der Waals surface area contributed by atoms with Crippen molar-refractivity contribution >= 4 is 17.3 Å². The van der Waals surface area contributed by atoms with Gasteiger partial charge in [0.15, 0.2) is 0 Å². The molecule has 0 aliphatic carbocycles. The van der Waals surface area contributed by atoms with Gasteiger partial charge in [-0.05, 0) is 18.2 Å². The average Bonchev–Trinajstić information content (AvgIpc) is 2.15. The summed E-state index contributed by atoms with van der Waals surface area (Å²) in [5.41, 5.74) is 0.804. The quantitative estimate of drug-likeness (QED) is 0.858. The van der Waals surface area contributed by atoms with Gasteiger partial charge in [-0.15, -0.1) is 0 Å². The highest BCUT2D eigenvalue weighted by atomic mass is 35.5. The van der Waals surface area contributed by atoms with Crippen LogP contribution in [-0.2, 0) is 0 Å². The third-order valence-corrected chi connectivity index (χ3v) is 2.60. The summed E-state index contributed by atoms with van der Waals surface area (Å²) in [4.78, 5) is 0. The minimum Gasteiger partial charge on any atom is -0.433 e. The Morgan fingerprint density at radius 3 is 2.69 bits per heavy atom. The van der Waals surface area contributed by atoms with Crippen LogP contribution in [0.15, 0.2) is 18.2 Å². The molecule has 0 atom stereocenters. The minimum absolute atomic E-state index is 0.00560. The third-order valence-electron chi connectivity index (χ3n) is 2.30. The number of hydrogen-bond acceptors (Lipinski definition) is 3. The summed E-state index contributed by atoms with van der Waals surface area (Å²) < 4.78 is 28.2. The Balaban J connectivity index is 2.03. The van der Waals surface area contributed by atoms with Crippen molar-refractivity contribution in [1.29, 1.82) is 0 Å². The lowest BCUT2D eigenvalue weighted by Gasteiger charge is -2.29. The topological polar surface area (TPSA) is 33.3 Å². The molecule has 1 saturated heterocycles. The van der Waals surface area contributed by atoms with Gasteiger partial charge in [0.25, 0.3) is 0 Å². The first-order valence-electron chi connectivity index (χ1n) is 4.87. The first-order valence-corrected chi connectivity index (χ1v) is 5.24. The van der Waals surface area contributed by atoms with Crippen LogP contribution in [0.2, 0.25) is 5.02 Å². The number of benzene rings is 1. The fourth-order valence-corrected chi connectivity index (χ4v) is 1.63. The molecule has 16 heavy (non-hydrogen) atoms. The van der Waals surface area contributed by atoms with Gasteiger partial charge in [0.2, 0.25) is 0 Å². The summed E-state index contributed by atoms with van der Waals surface area (Å²) in [6.45, 7) is -1.06. The van der Waals surface area contributed by atoms with Crippen LogP contribution < -0.4 is 15.4 Å². The SMILES string of the molecule is FC(F)Oc1ccc(NC2CNC2)cc1Cl. The van der Waals surface area contributed by atoms with Crippen LogP contribution in [0.1, 0.15) is 0 Å². The van der Waals surface area contributed by atoms with E-state index >= 15 is 0 Å². The Bertz CT molecular complexity index is 372. The Hall–Kier alpha value is -1.07. The van der Waals surface area contributed by atoms with Gasteiger partial charge < -0.3 is 15.4 Å². The lowest BCUT2D eigenvalue weighted by atomic mass is 10.1. The highest BCUT2D eigenvalue weighted by Crippen LogP contribution is 2.29. The second-order valence-electron chi connectivity index (χ2n) is 3.52. The molecular weight excluding hydrogens is 238 g/mol. The van der Waals surface area contributed by atoms with Gasteiger partial charge >= 0.3 is 6.61 Å². The van der Waals surface area contributed by atoms with Crippen molar-refractivity contribution in [2.75, 3.05) is 18.4 Å². The normalized spacial score (nSPS) is 16.0. The van der Waals surface area contributed by atoms with E-state index in [0.717, 1.165) is 18.8 Å². The van der Waals surface area contributed by atoms with Crippen molar-refractivity contribution in [3.05, 3.63) is 23.2 Å². The largest absolute Gasteiger partial charge is 0.433 e. The lowest BCUT2D eigenvalue weighted by Crippen LogP contribution is -2.51. The van der Waals surface area contributed by atoms with Crippen molar-refractivity contribution in [2.24, 2.45) is 0 Å². The molecule has 3 nitrogen and oxygen atoms in total. The molecule has 0 unspecified atom stereocenters. The molecule has 1 aliphatic rings. The minimum atomic E-state index is -2.85. The molecule has 2 rings (SSSR count). The van der Waals surface area contributed by atoms with Gasteiger partial charge in [-0.2, -0.15) is 8.78 Å². The van der Waals surface area contributed by atoms with E-state index in [4.69, 9.17) is 11.6 Å². The van der Waals surface area contributed by atoms with E-state index in [-0.39, 0.29) is 10.8 Å². The summed E-state index contributed by atoms with van der Waals surface area (Å²) in [6, 6.07) is 5.06. The van der Waals surface area contributed by atoms with Gasteiger partial charge in [0, 0.05) is 18.8 Å². The highest BCUT2D eigenvalue weighted by Gasteiger charge is 2.16. The van der Waals surface area contributed by atoms with Crippen LogP contribution >= 0.6 is 11.6 Å². The molecule has 1 aromatic carbocycles. The number of halogens is 3. The molecule has 0 amide bonds. The fraction of sp³-hybridized carbons (Fsp3) is 0.400. The number of alkyl halides is 2. The molecule has 0 bridgehead atoms. The molecule has 0 radical (unpaired) electrons. The standard InChI is InChI=1S/C10H11ClF2N2O/c11-8-3-6(15-7-4-14-5-7)1-2-9(8)16-10(12)13/h1-3,7,10,14-15H,4-5H2. The monoisotopic (exact) mass is 248 g/mol. The van der Waals surface area contributed by atoms with E-state index in [0.29, 0.717) is 6.04 Å². The van der Waals surface area contributed by atoms with Crippen LogP contribution in [0.25, 0.3) is 0 Å². The van der Waals surface area contributed by atoms with Crippen molar-refractivity contribution < 1.29 is 13.5 Å². The average molecular weight is 249 g/mol. The summed E-state index contributed by atoms with van der Waals surface area (Å²) >= 11 is 5.80. The molecule has 1 heterocycles. The molecule has 0 saturated carbocycles. The van der Waals surface area contributed by atoms with Crippen LogP contribution in [0.4, 0.5) is 14.5 Å². The zero-order valence-corrected chi connectivity index (χ0v) is 9.10. The molecule has 0 spiro atoms. The fourth-order valence-electron chi connectivity index (χ4n) is 1.41. The van der Waals surface area contributed by atoms with E-state index in [1.165, 1.54) is 6.07 Å². The van der Waals surface area contributed by atoms with Gasteiger partial charge in [-0.1, -0.05) is 11.6 Å². The Morgan fingerprint density at radius 2 is 2.19 bits per heavy atom. The van der Waals surface area contributed by atoms with E-state index in [1.807, 2.05) is 0 Å². The zero-order valence-electron chi connectivity index (χ0n) is 8.34. The van der Waals surface area contributed by atoms with Gasteiger partial charge in [-0.25, -0.2) is 0 Å². The first-order chi connectivity index (χ1) is 7.65. The van der Waals surface area contributed by atoms with Crippen LogP contribution in [0.3, 0.4) is 0 Å². The maximum absolute atomic E-state index is 12.0. The molecular formula is C10H11ClF2N2O. The van der Waals surface area contributed by atoms with Gasteiger partial charge in [-0.3, -0.25) is 0 Å². The van der Waals surface area contributed by atoms with E-state index < -0.39 is 6.61 Å². The number of ether oxygens (including phenoxy) is 1. The second kappa shape index (κ2) is 4.84. The molecule has 1 fully saturated rings. The Kier molecular flexibility index (Phi) is 3.46. The van der Waals surface area contributed by atoms with Crippen molar-refractivity contribution in [3.8, 4) is 5.75 Å². The van der Waals surface area contributed by atoms with Gasteiger partial charge in [0.1, 0.15) is 5.75 Å². The summed E-state index contributed by atoms with van der Waals surface area (Å²) in [6.07, 6.45) is 0. The maximum Gasteiger partial charge on any atom is 0.387 e. The zero-order chi connectivity index (χ0) is 11.5. The van der Waals surface area contributed by atoms with Gasteiger partial charge in [0.05, 0.1) is 11.1 Å². The Morgan fingerprint density at radius 1 is 1.44 bits per heavy atom. The smallest absolute Gasteiger partial charge is 0.387 e. The van der Waals surface area contributed by atoms with Crippen molar-refractivity contribution in [3.63, 3.8) is 0 Å².